The van der Waals surface area contributed by atoms with Crippen LogP contribution in [0.2, 0.25) is 0 Å². The lowest BCUT2D eigenvalue weighted by atomic mass is 10.1. The van der Waals surface area contributed by atoms with E-state index in [4.69, 9.17) is 14.2 Å². The van der Waals surface area contributed by atoms with Gasteiger partial charge in [0.2, 0.25) is 0 Å². The zero-order chi connectivity index (χ0) is 20.7. The van der Waals surface area contributed by atoms with Gasteiger partial charge in [-0.1, -0.05) is 13.8 Å². The van der Waals surface area contributed by atoms with Crippen molar-refractivity contribution < 1.29 is 24.4 Å². The molecule has 0 spiro atoms. The molecular weight excluding hydrogens is 370 g/mol. The number of nitrogens with one attached hydrogen (secondary N) is 1. The van der Waals surface area contributed by atoms with Crippen molar-refractivity contribution in [1.29, 1.82) is 0 Å². The molecule has 0 aromatic carbocycles. The van der Waals surface area contributed by atoms with Crippen molar-refractivity contribution in [2.24, 2.45) is 0 Å². The molecule has 0 saturated carbocycles. The normalized spacial score (nSPS) is 24.9. The summed E-state index contributed by atoms with van der Waals surface area (Å²) < 4.78 is 18.1. The molecule has 3 N–H and O–H groups in total. The predicted octanol–water partition coefficient (Wildman–Crippen LogP) is -1.16. The van der Waals surface area contributed by atoms with E-state index in [-0.39, 0.29) is 6.61 Å². The molecule has 2 heterocycles. The van der Waals surface area contributed by atoms with Crippen LogP contribution in [-0.4, -0.2) is 89.0 Å². The topological polar surface area (TPSA) is 126 Å². The third kappa shape index (κ3) is 5.49. The molecule has 0 amide bonds. The van der Waals surface area contributed by atoms with E-state index in [9.17, 15) is 19.8 Å². The van der Waals surface area contributed by atoms with Gasteiger partial charge in [0.25, 0.3) is 5.56 Å². The number of likely N-dealkylation sites (N-methyl/N-ethyl adjacent to an activating group) is 1. The first-order valence-corrected chi connectivity index (χ1v) is 9.61. The second-order valence-corrected chi connectivity index (χ2v) is 6.69. The summed E-state index contributed by atoms with van der Waals surface area (Å²) in [5.74, 6) is 0. The summed E-state index contributed by atoms with van der Waals surface area (Å²) in [6.07, 6.45) is -2.50. The van der Waals surface area contributed by atoms with E-state index in [0.29, 0.717) is 18.8 Å². The van der Waals surface area contributed by atoms with Gasteiger partial charge in [0, 0.05) is 18.3 Å². The van der Waals surface area contributed by atoms with Crippen molar-refractivity contribution in [3.63, 3.8) is 0 Å². The molecule has 2 rings (SSSR count). The molecule has 160 valence electrons. The maximum atomic E-state index is 12.2. The number of H-pyrrole nitrogens is 1. The summed E-state index contributed by atoms with van der Waals surface area (Å²) in [6.45, 7) is 9.13. The van der Waals surface area contributed by atoms with Crippen LogP contribution in [0, 0.1) is 6.92 Å². The lowest BCUT2D eigenvalue weighted by molar-refractivity contribution is -0.0849. The monoisotopic (exact) mass is 401 g/mol. The van der Waals surface area contributed by atoms with Crippen molar-refractivity contribution in [2.45, 2.75) is 45.3 Å². The van der Waals surface area contributed by atoms with Gasteiger partial charge in [-0.05, 0) is 20.0 Å². The molecule has 1 saturated heterocycles. The van der Waals surface area contributed by atoms with E-state index in [2.05, 4.69) is 23.7 Å². The number of rotatable bonds is 11. The Kier molecular flexibility index (Phi) is 8.80. The molecule has 1 aliphatic rings. The van der Waals surface area contributed by atoms with E-state index >= 15 is 0 Å². The number of aryl methyl sites for hydroxylation is 1. The highest BCUT2D eigenvalue weighted by Gasteiger charge is 2.45. The molecule has 1 fully saturated rings. The van der Waals surface area contributed by atoms with Crippen LogP contribution < -0.4 is 11.2 Å². The average Bonchev–Trinajstić information content (AvgIpc) is 2.99. The van der Waals surface area contributed by atoms with E-state index in [1.807, 2.05) is 0 Å². The second-order valence-electron chi connectivity index (χ2n) is 6.69. The summed E-state index contributed by atoms with van der Waals surface area (Å²) in [5.41, 5.74) is -0.836. The lowest BCUT2D eigenvalue weighted by Crippen LogP contribution is -2.40. The van der Waals surface area contributed by atoms with Gasteiger partial charge in [0.1, 0.15) is 18.3 Å². The fourth-order valence-corrected chi connectivity index (χ4v) is 3.13. The van der Waals surface area contributed by atoms with Crippen LogP contribution >= 0.6 is 0 Å². The smallest absolute Gasteiger partial charge is 0.330 e. The highest BCUT2D eigenvalue weighted by molar-refractivity contribution is 5.03. The van der Waals surface area contributed by atoms with Crippen LogP contribution in [0.3, 0.4) is 0 Å². The highest BCUT2D eigenvalue weighted by Crippen LogP contribution is 2.30. The maximum Gasteiger partial charge on any atom is 0.330 e. The Labute approximate surface area is 163 Å². The fourth-order valence-electron chi connectivity index (χ4n) is 3.13. The minimum Gasteiger partial charge on any atom is -0.394 e. The lowest BCUT2D eigenvalue weighted by Gasteiger charge is -2.23. The molecule has 1 aromatic rings. The SMILES string of the molecule is CCN(CC)CCOCCO[C@@H]1[C@H](O)[C@@H](CO)O[C@H]1n1cc(C)c(=O)[nH]c1=O. The maximum absolute atomic E-state index is 12.2. The summed E-state index contributed by atoms with van der Waals surface area (Å²) in [4.78, 5) is 28.2. The van der Waals surface area contributed by atoms with E-state index in [1.54, 1.807) is 6.92 Å². The van der Waals surface area contributed by atoms with E-state index in [0.717, 1.165) is 19.6 Å². The quantitative estimate of drug-likeness (QED) is 0.397. The number of aromatic nitrogens is 2. The number of ether oxygens (including phenoxy) is 3. The fraction of sp³-hybridized carbons (Fsp3) is 0.778. The molecule has 1 aromatic heterocycles. The van der Waals surface area contributed by atoms with Crippen LogP contribution in [0.15, 0.2) is 15.8 Å². The number of nitrogens with zero attached hydrogens (tertiary/aromatic N) is 2. The van der Waals surface area contributed by atoms with Crippen molar-refractivity contribution >= 4 is 0 Å². The van der Waals surface area contributed by atoms with Crippen LogP contribution in [0.5, 0.6) is 0 Å². The number of hydrogen-bond acceptors (Lipinski definition) is 8. The van der Waals surface area contributed by atoms with Crippen LogP contribution in [-0.2, 0) is 14.2 Å². The van der Waals surface area contributed by atoms with Crippen LogP contribution in [0.25, 0.3) is 0 Å². The van der Waals surface area contributed by atoms with Crippen LogP contribution in [0.4, 0.5) is 0 Å². The molecular formula is C18H31N3O7. The molecule has 0 radical (unpaired) electrons. The molecule has 0 unspecified atom stereocenters. The Balaban J connectivity index is 1.97. The zero-order valence-electron chi connectivity index (χ0n) is 16.7. The summed E-state index contributed by atoms with van der Waals surface area (Å²) in [5, 5.41) is 19.8. The van der Waals surface area contributed by atoms with Crippen molar-refractivity contribution in [1.82, 2.24) is 14.5 Å². The Bertz CT molecular complexity index is 716. The van der Waals surface area contributed by atoms with Gasteiger partial charge in [-0.15, -0.1) is 0 Å². The first-order chi connectivity index (χ1) is 13.4. The van der Waals surface area contributed by atoms with Crippen molar-refractivity contribution in [3.8, 4) is 0 Å². The number of aromatic amines is 1. The largest absolute Gasteiger partial charge is 0.394 e. The van der Waals surface area contributed by atoms with Gasteiger partial charge in [0.15, 0.2) is 6.23 Å². The molecule has 1 aliphatic heterocycles. The minimum absolute atomic E-state index is 0.190. The number of aliphatic hydroxyl groups is 2. The zero-order valence-corrected chi connectivity index (χ0v) is 16.7. The predicted molar refractivity (Wildman–Crippen MR) is 101 cm³/mol. The minimum atomic E-state index is -1.12. The van der Waals surface area contributed by atoms with E-state index in [1.165, 1.54) is 10.8 Å². The second kappa shape index (κ2) is 10.8. The first kappa shape index (κ1) is 22.7. The van der Waals surface area contributed by atoms with Gasteiger partial charge in [-0.2, -0.15) is 0 Å². The average molecular weight is 401 g/mol. The molecule has 4 atom stereocenters. The standard InChI is InChI=1S/C18H31N3O7/c1-4-20(5-2)6-7-26-8-9-27-15-14(23)13(11-22)28-17(15)21-10-12(3)16(24)19-18(21)25/h10,13-15,17,22-23H,4-9,11H2,1-3H3,(H,19,24,25)/t13-,14-,15-,17-/m1/s1. The Morgan fingerprint density at radius 2 is 1.96 bits per heavy atom. The number of hydrogen-bond donors (Lipinski definition) is 3. The first-order valence-electron chi connectivity index (χ1n) is 9.61. The Morgan fingerprint density at radius 3 is 2.61 bits per heavy atom. The highest BCUT2D eigenvalue weighted by atomic mass is 16.6. The molecule has 28 heavy (non-hydrogen) atoms. The third-order valence-corrected chi connectivity index (χ3v) is 4.90. The van der Waals surface area contributed by atoms with Gasteiger partial charge < -0.3 is 29.3 Å². The summed E-state index contributed by atoms with van der Waals surface area (Å²) in [7, 11) is 0. The van der Waals surface area contributed by atoms with Crippen molar-refractivity contribution in [2.75, 3.05) is 46.1 Å². The van der Waals surface area contributed by atoms with Crippen LogP contribution in [0.1, 0.15) is 25.6 Å². The Morgan fingerprint density at radius 1 is 1.25 bits per heavy atom. The van der Waals surface area contributed by atoms with Crippen molar-refractivity contribution in [3.05, 3.63) is 32.6 Å². The summed E-state index contributed by atoms with van der Waals surface area (Å²) >= 11 is 0. The molecule has 0 aliphatic carbocycles. The van der Waals surface area contributed by atoms with E-state index < -0.39 is 42.4 Å². The van der Waals surface area contributed by atoms with Gasteiger partial charge >= 0.3 is 5.69 Å². The Hall–Kier alpha value is -1.56. The molecule has 10 heteroatoms. The van der Waals surface area contributed by atoms with Gasteiger partial charge in [0.05, 0.1) is 26.4 Å². The molecule has 10 nitrogen and oxygen atoms in total. The molecule has 0 bridgehead atoms. The summed E-state index contributed by atoms with van der Waals surface area (Å²) in [6, 6.07) is 0. The van der Waals surface area contributed by atoms with Gasteiger partial charge in [-0.3, -0.25) is 14.3 Å². The van der Waals surface area contributed by atoms with Gasteiger partial charge in [-0.25, -0.2) is 4.79 Å². The third-order valence-electron chi connectivity index (χ3n) is 4.90. The number of aliphatic hydroxyl groups excluding tert-OH is 2.